The van der Waals surface area contributed by atoms with Crippen LogP contribution in [0.3, 0.4) is 0 Å². The molecule has 0 aliphatic carbocycles. The predicted molar refractivity (Wildman–Crippen MR) is 66.0 cm³/mol. The molecule has 0 spiro atoms. The van der Waals surface area contributed by atoms with Gasteiger partial charge in [-0.2, -0.15) is 0 Å². The highest BCUT2D eigenvalue weighted by Crippen LogP contribution is 2.22. The van der Waals surface area contributed by atoms with Gasteiger partial charge in [-0.1, -0.05) is 0 Å². The van der Waals surface area contributed by atoms with Crippen molar-refractivity contribution in [1.29, 1.82) is 0 Å². The number of nitrogens with one attached hydrogen (secondary N) is 1. The summed E-state index contributed by atoms with van der Waals surface area (Å²) in [7, 11) is 2.95. The topological polar surface area (TPSA) is 73.3 Å². The Kier molecular flexibility index (Phi) is 5.18. The van der Waals surface area contributed by atoms with Crippen LogP contribution in [0.2, 0.25) is 0 Å². The molecule has 0 saturated heterocycles. The molecular weight excluding hydrogens is 234 g/mol. The van der Waals surface area contributed by atoms with Crippen LogP contribution in [0, 0.1) is 6.92 Å². The molecule has 0 saturated carbocycles. The summed E-state index contributed by atoms with van der Waals surface area (Å²) in [4.78, 5) is 20.4. The van der Waals surface area contributed by atoms with E-state index in [1.54, 1.807) is 26.4 Å². The summed E-state index contributed by atoms with van der Waals surface area (Å²) >= 11 is 0. The quantitative estimate of drug-likeness (QED) is 0.584. The molecule has 0 radical (unpaired) electrons. The monoisotopic (exact) mass is 253 g/mol. The lowest BCUT2D eigenvalue weighted by Gasteiger charge is -2.28. The Balaban J connectivity index is 3.04. The Morgan fingerprint density at radius 1 is 1.39 bits per heavy atom. The summed E-state index contributed by atoms with van der Waals surface area (Å²) < 4.78 is 9.81. The average Bonchev–Trinajstić information content (AvgIpc) is 2.38. The number of carbonyl (C=O) groups is 1. The zero-order valence-electron chi connectivity index (χ0n) is 11.2. The van der Waals surface area contributed by atoms with Gasteiger partial charge in [0.1, 0.15) is 0 Å². The zero-order chi connectivity index (χ0) is 13.6. The van der Waals surface area contributed by atoms with Crippen LogP contribution in [0.25, 0.3) is 0 Å². The molecule has 1 atom stereocenters. The third-order valence-electron chi connectivity index (χ3n) is 2.73. The standard InChI is InChI=1S/C12H19N3O3/c1-9-10(14-6-5-13-9)12(2,11(16)18-4)15-7-8-17-3/h5-6,15H,7-8H2,1-4H3. The summed E-state index contributed by atoms with van der Waals surface area (Å²) in [6.07, 6.45) is 3.15. The van der Waals surface area contributed by atoms with Crippen LogP contribution in [-0.2, 0) is 19.8 Å². The van der Waals surface area contributed by atoms with Crippen molar-refractivity contribution in [1.82, 2.24) is 15.3 Å². The van der Waals surface area contributed by atoms with Crippen LogP contribution in [0.4, 0.5) is 0 Å². The summed E-state index contributed by atoms with van der Waals surface area (Å²) in [5.74, 6) is -0.401. The minimum absolute atomic E-state index is 0.401. The second-order valence-electron chi connectivity index (χ2n) is 4.03. The van der Waals surface area contributed by atoms with Crippen molar-refractivity contribution in [2.45, 2.75) is 19.4 Å². The van der Waals surface area contributed by atoms with Crippen molar-refractivity contribution in [3.05, 3.63) is 23.8 Å². The Hall–Kier alpha value is -1.53. The average molecular weight is 253 g/mol. The van der Waals surface area contributed by atoms with E-state index in [1.807, 2.05) is 6.92 Å². The second-order valence-corrected chi connectivity index (χ2v) is 4.03. The first-order chi connectivity index (χ1) is 8.56. The molecule has 1 heterocycles. The van der Waals surface area contributed by atoms with Gasteiger partial charge in [0.15, 0.2) is 5.54 Å². The van der Waals surface area contributed by atoms with Crippen LogP contribution in [0.5, 0.6) is 0 Å². The Morgan fingerprint density at radius 2 is 2.06 bits per heavy atom. The molecule has 0 aliphatic heterocycles. The number of hydrogen-bond acceptors (Lipinski definition) is 6. The van der Waals surface area contributed by atoms with Crippen LogP contribution in [-0.4, -0.2) is 43.3 Å². The minimum Gasteiger partial charge on any atom is -0.467 e. The van der Waals surface area contributed by atoms with Crippen molar-refractivity contribution in [2.24, 2.45) is 0 Å². The highest BCUT2D eigenvalue weighted by molar-refractivity contribution is 5.81. The molecule has 0 amide bonds. The van der Waals surface area contributed by atoms with E-state index < -0.39 is 11.5 Å². The number of aryl methyl sites for hydroxylation is 1. The molecule has 18 heavy (non-hydrogen) atoms. The second kappa shape index (κ2) is 6.42. The van der Waals surface area contributed by atoms with Crippen molar-refractivity contribution >= 4 is 5.97 Å². The Bertz CT molecular complexity index is 411. The minimum atomic E-state index is -1.02. The van der Waals surface area contributed by atoms with Gasteiger partial charge in [-0.15, -0.1) is 0 Å². The first-order valence-corrected chi connectivity index (χ1v) is 5.66. The number of rotatable bonds is 6. The maximum absolute atomic E-state index is 12.0. The van der Waals surface area contributed by atoms with E-state index in [0.29, 0.717) is 24.5 Å². The van der Waals surface area contributed by atoms with Gasteiger partial charge in [-0.25, -0.2) is 4.79 Å². The maximum Gasteiger partial charge on any atom is 0.332 e. The van der Waals surface area contributed by atoms with E-state index in [9.17, 15) is 4.79 Å². The molecule has 0 aromatic carbocycles. The highest BCUT2D eigenvalue weighted by atomic mass is 16.5. The fourth-order valence-electron chi connectivity index (χ4n) is 1.76. The van der Waals surface area contributed by atoms with Gasteiger partial charge >= 0.3 is 5.97 Å². The first-order valence-electron chi connectivity index (χ1n) is 5.66. The van der Waals surface area contributed by atoms with E-state index in [1.165, 1.54) is 7.11 Å². The number of carbonyl (C=O) groups excluding carboxylic acids is 1. The van der Waals surface area contributed by atoms with Crippen molar-refractivity contribution in [2.75, 3.05) is 27.4 Å². The lowest BCUT2D eigenvalue weighted by Crippen LogP contribution is -2.49. The maximum atomic E-state index is 12.0. The third kappa shape index (κ3) is 3.02. The number of nitrogens with zero attached hydrogens (tertiary/aromatic N) is 2. The normalized spacial score (nSPS) is 14.0. The lowest BCUT2D eigenvalue weighted by atomic mass is 9.95. The summed E-state index contributed by atoms with van der Waals surface area (Å²) in [5, 5.41) is 3.10. The van der Waals surface area contributed by atoms with Gasteiger partial charge in [0.25, 0.3) is 0 Å². The van der Waals surface area contributed by atoms with Crippen molar-refractivity contribution in [3.63, 3.8) is 0 Å². The molecule has 0 aliphatic rings. The van der Waals surface area contributed by atoms with Gasteiger partial charge in [0.05, 0.1) is 25.1 Å². The zero-order valence-corrected chi connectivity index (χ0v) is 11.2. The van der Waals surface area contributed by atoms with Crippen molar-refractivity contribution in [3.8, 4) is 0 Å². The van der Waals surface area contributed by atoms with Gasteiger partial charge in [-0.05, 0) is 13.8 Å². The van der Waals surface area contributed by atoms with Crippen LogP contribution >= 0.6 is 0 Å². The molecule has 1 rings (SSSR count). The van der Waals surface area contributed by atoms with E-state index in [2.05, 4.69) is 15.3 Å². The van der Waals surface area contributed by atoms with Gasteiger partial charge in [0.2, 0.25) is 0 Å². The predicted octanol–water partition coefficient (Wildman–Crippen LogP) is 0.409. The van der Waals surface area contributed by atoms with Gasteiger partial charge in [-0.3, -0.25) is 15.3 Å². The van der Waals surface area contributed by atoms with Crippen LogP contribution in [0.15, 0.2) is 12.4 Å². The van der Waals surface area contributed by atoms with E-state index >= 15 is 0 Å². The van der Waals surface area contributed by atoms with E-state index in [-0.39, 0.29) is 0 Å². The first kappa shape index (κ1) is 14.5. The van der Waals surface area contributed by atoms with Crippen LogP contribution < -0.4 is 5.32 Å². The Morgan fingerprint density at radius 3 is 2.61 bits per heavy atom. The summed E-state index contributed by atoms with van der Waals surface area (Å²) in [6.45, 7) is 4.54. The SMILES string of the molecule is COCCNC(C)(C(=O)OC)c1nccnc1C. The lowest BCUT2D eigenvalue weighted by molar-refractivity contribution is -0.148. The molecule has 0 bridgehead atoms. The number of hydrogen-bond donors (Lipinski definition) is 1. The number of ether oxygens (including phenoxy) is 2. The van der Waals surface area contributed by atoms with Crippen LogP contribution in [0.1, 0.15) is 18.3 Å². The third-order valence-corrected chi connectivity index (χ3v) is 2.73. The molecular formula is C12H19N3O3. The molecule has 1 aromatic heterocycles. The molecule has 0 fully saturated rings. The smallest absolute Gasteiger partial charge is 0.332 e. The highest BCUT2D eigenvalue weighted by Gasteiger charge is 2.38. The molecule has 100 valence electrons. The van der Waals surface area contributed by atoms with E-state index in [0.717, 1.165) is 0 Å². The largest absolute Gasteiger partial charge is 0.467 e. The Labute approximate surface area is 107 Å². The van der Waals surface area contributed by atoms with Crippen molar-refractivity contribution < 1.29 is 14.3 Å². The number of methoxy groups -OCH3 is 2. The number of aromatic nitrogens is 2. The molecule has 1 unspecified atom stereocenters. The molecule has 6 heteroatoms. The van der Waals surface area contributed by atoms with Gasteiger partial charge in [0, 0.05) is 26.0 Å². The summed E-state index contributed by atoms with van der Waals surface area (Å²) in [6, 6.07) is 0. The fraction of sp³-hybridized carbons (Fsp3) is 0.583. The summed E-state index contributed by atoms with van der Waals surface area (Å²) in [5.41, 5.74) is 0.231. The fourth-order valence-corrected chi connectivity index (χ4v) is 1.76. The van der Waals surface area contributed by atoms with Gasteiger partial charge < -0.3 is 9.47 Å². The number of esters is 1. The molecule has 6 nitrogen and oxygen atoms in total. The van der Waals surface area contributed by atoms with E-state index in [4.69, 9.17) is 9.47 Å². The molecule has 1 aromatic rings. The molecule has 1 N–H and O–H groups in total.